The number of rotatable bonds is 10. The Labute approximate surface area is 329 Å². The molecule has 0 aliphatic carbocycles. The van der Waals surface area contributed by atoms with E-state index in [0.717, 1.165) is 37.2 Å². The molecule has 0 saturated carbocycles. The van der Waals surface area contributed by atoms with Crippen molar-refractivity contribution in [2.75, 3.05) is 0 Å². The number of ether oxygens (including phenoxy) is 1. The highest BCUT2D eigenvalue weighted by Crippen LogP contribution is 2.38. The van der Waals surface area contributed by atoms with Gasteiger partial charge in [-0.2, -0.15) is 9.90 Å². The van der Waals surface area contributed by atoms with Crippen LogP contribution in [0, 0.1) is 83.1 Å². The molecule has 1 unspecified atom stereocenters. The molecule has 1 atom stereocenters. The molecule has 0 bridgehead atoms. The smallest absolute Gasteiger partial charge is 0.131 e. The summed E-state index contributed by atoms with van der Waals surface area (Å²) in [5.41, 5.74) is 26.8. The van der Waals surface area contributed by atoms with E-state index in [2.05, 4.69) is 168 Å². The van der Waals surface area contributed by atoms with Gasteiger partial charge in [0.05, 0.1) is 0 Å². The maximum atomic E-state index is 7.31. The van der Waals surface area contributed by atoms with Crippen LogP contribution >= 0.6 is 9.90 Å². The Morgan fingerprint density at radius 1 is 0.315 bits per heavy atom. The molecule has 1 nitrogen and oxygen atoms in total. The van der Waals surface area contributed by atoms with E-state index >= 15 is 0 Å². The van der Waals surface area contributed by atoms with Crippen LogP contribution in [0.1, 0.15) is 111 Å². The summed E-state index contributed by atoms with van der Waals surface area (Å²) in [6.45, 7) is 26.8. The van der Waals surface area contributed by atoms with Gasteiger partial charge in [-0.05, 0) is 186 Å². The molecular formula is C52H61OP. The van der Waals surface area contributed by atoms with Crippen LogP contribution in [0.15, 0.2) is 84.9 Å². The Bertz CT molecular complexity index is 2080. The van der Waals surface area contributed by atoms with Gasteiger partial charge in [-0.25, -0.2) is 0 Å². The maximum absolute atomic E-state index is 7.31. The normalized spacial score (nSPS) is 11.1. The monoisotopic (exact) mass is 732 g/mol. The molecule has 0 heterocycles. The molecule has 0 spiro atoms. The first-order chi connectivity index (χ1) is 25.2. The molecule has 280 valence electrons. The Hall–Kier alpha value is -4.45. The summed E-state index contributed by atoms with van der Waals surface area (Å²) in [5, 5.41) is 0. The van der Waals surface area contributed by atoms with Crippen molar-refractivity contribution in [3.8, 4) is 11.5 Å². The lowest BCUT2D eigenvalue weighted by atomic mass is 9.87. The summed E-state index contributed by atoms with van der Waals surface area (Å²) >= 11 is 0. The SMILES string of the molecule is Cc1cc(C)c(Cc2cccc(Oc3cccc(Cc4c(C)cc(C)cc4C)c3Cc3c(C)cc(C)cc3C)c2Cc2c(C)cc(C)cc2C)c(C)c1.P. The van der Waals surface area contributed by atoms with Crippen LogP contribution in [0.2, 0.25) is 0 Å². The predicted octanol–water partition coefficient (Wildman–Crippen LogP) is 13.6. The van der Waals surface area contributed by atoms with Gasteiger partial charge in [0.2, 0.25) is 0 Å². The van der Waals surface area contributed by atoms with E-state index in [1.165, 1.54) is 111 Å². The van der Waals surface area contributed by atoms with Gasteiger partial charge in [0, 0.05) is 24.0 Å². The lowest BCUT2D eigenvalue weighted by molar-refractivity contribution is 0.470. The van der Waals surface area contributed by atoms with Crippen LogP contribution in [0.5, 0.6) is 11.5 Å². The van der Waals surface area contributed by atoms with Crippen molar-refractivity contribution in [2.45, 2.75) is 109 Å². The Morgan fingerprint density at radius 2 is 0.556 bits per heavy atom. The first-order valence-electron chi connectivity index (χ1n) is 19.3. The van der Waals surface area contributed by atoms with Gasteiger partial charge < -0.3 is 4.74 Å². The van der Waals surface area contributed by atoms with Gasteiger partial charge in [0.25, 0.3) is 0 Å². The third kappa shape index (κ3) is 8.91. The fourth-order valence-electron chi connectivity index (χ4n) is 8.95. The fourth-order valence-corrected chi connectivity index (χ4v) is 8.95. The van der Waals surface area contributed by atoms with E-state index in [-0.39, 0.29) is 9.90 Å². The van der Waals surface area contributed by atoms with Crippen LogP contribution in [-0.4, -0.2) is 0 Å². The molecular weight excluding hydrogens is 672 g/mol. The van der Waals surface area contributed by atoms with Gasteiger partial charge in [0.15, 0.2) is 0 Å². The minimum atomic E-state index is 0. The average molecular weight is 733 g/mol. The van der Waals surface area contributed by atoms with Crippen molar-refractivity contribution < 1.29 is 4.74 Å². The van der Waals surface area contributed by atoms with Gasteiger partial charge >= 0.3 is 0 Å². The van der Waals surface area contributed by atoms with E-state index in [9.17, 15) is 0 Å². The molecule has 0 fully saturated rings. The average Bonchev–Trinajstić information content (AvgIpc) is 3.05. The molecule has 0 N–H and O–H groups in total. The summed E-state index contributed by atoms with van der Waals surface area (Å²) in [6, 6.07) is 32.0. The third-order valence-electron chi connectivity index (χ3n) is 11.5. The highest BCUT2D eigenvalue weighted by molar-refractivity contribution is 6.92. The zero-order valence-electron chi connectivity index (χ0n) is 35.0. The van der Waals surface area contributed by atoms with Crippen molar-refractivity contribution >= 4 is 9.90 Å². The van der Waals surface area contributed by atoms with E-state index in [1.807, 2.05) is 0 Å². The van der Waals surface area contributed by atoms with Crippen molar-refractivity contribution in [1.82, 2.24) is 0 Å². The topological polar surface area (TPSA) is 9.23 Å². The molecule has 6 aromatic carbocycles. The molecule has 0 saturated heterocycles. The number of benzene rings is 6. The molecule has 0 amide bonds. The first-order valence-corrected chi connectivity index (χ1v) is 19.3. The summed E-state index contributed by atoms with van der Waals surface area (Å²) < 4.78 is 7.31. The lowest BCUT2D eigenvalue weighted by Crippen LogP contribution is -2.07. The van der Waals surface area contributed by atoms with E-state index in [1.54, 1.807) is 0 Å². The molecule has 6 rings (SSSR count). The van der Waals surface area contributed by atoms with Gasteiger partial charge in [-0.1, -0.05) is 95.1 Å². The summed E-state index contributed by atoms with van der Waals surface area (Å²) in [4.78, 5) is 0. The van der Waals surface area contributed by atoms with Gasteiger partial charge in [-0.15, -0.1) is 0 Å². The van der Waals surface area contributed by atoms with Crippen molar-refractivity contribution in [2.24, 2.45) is 0 Å². The van der Waals surface area contributed by atoms with Crippen LogP contribution in [0.25, 0.3) is 0 Å². The van der Waals surface area contributed by atoms with E-state index < -0.39 is 0 Å². The molecule has 0 aromatic heterocycles. The van der Waals surface area contributed by atoms with Crippen molar-refractivity contribution in [1.29, 1.82) is 0 Å². The Morgan fingerprint density at radius 3 is 0.815 bits per heavy atom. The minimum absolute atomic E-state index is 0. The highest BCUT2D eigenvalue weighted by atomic mass is 31.0. The molecule has 6 aromatic rings. The lowest BCUT2D eigenvalue weighted by Gasteiger charge is -2.23. The summed E-state index contributed by atoms with van der Waals surface area (Å²) in [7, 11) is 0. The number of hydrogen-bond donors (Lipinski definition) is 0. The maximum Gasteiger partial charge on any atom is 0.131 e. The summed E-state index contributed by atoms with van der Waals surface area (Å²) in [6.07, 6.45) is 3.38. The quantitative estimate of drug-likeness (QED) is 0.127. The Kier molecular flexibility index (Phi) is 12.8. The van der Waals surface area contributed by atoms with Gasteiger partial charge in [0.1, 0.15) is 11.5 Å². The Balaban J connectivity index is 0.00000561. The van der Waals surface area contributed by atoms with Gasteiger partial charge in [-0.3, -0.25) is 0 Å². The number of aryl methyl sites for hydroxylation is 12. The second-order valence-corrected chi connectivity index (χ2v) is 16.1. The number of hydrogen-bond acceptors (Lipinski definition) is 1. The molecule has 0 radical (unpaired) electrons. The van der Waals surface area contributed by atoms with Crippen LogP contribution in [0.3, 0.4) is 0 Å². The van der Waals surface area contributed by atoms with Crippen LogP contribution < -0.4 is 4.74 Å². The fraction of sp³-hybridized carbons (Fsp3) is 0.308. The summed E-state index contributed by atoms with van der Waals surface area (Å²) in [5.74, 6) is 1.89. The second-order valence-electron chi connectivity index (χ2n) is 16.1. The molecule has 0 aliphatic rings. The zero-order chi connectivity index (χ0) is 38.1. The first kappa shape index (κ1) is 40.7. The largest absolute Gasteiger partial charge is 0.457 e. The van der Waals surface area contributed by atoms with E-state index in [4.69, 9.17) is 4.74 Å². The van der Waals surface area contributed by atoms with Crippen LogP contribution in [0.4, 0.5) is 0 Å². The van der Waals surface area contributed by atoms with Crippen molar-refractivity contribution in [3.63, 3.8) is 0 Å². The second kappa shape index (κ2) is 16.9. The highest BCUT2D eigenvalue weighted by Gasteiger charge is 2.20. The minimum Gasteiger partial charge on any atom is -0.457 e. The standard InChI is InChI=1S/C52H58O.H3P/c1-31-19-35(5)45(36(6)20-31)27-43-15-13-17-51(49(43)29-47-39(9)23-33(3)24-40(47)10)53-52-18-14-16-44(28-46-37(7)21-32(2)22-38(46)8)50(52)30-48-41(11)25-34(4)26-42(48)12;/h13-26H,27-30H2,1-12H3;1H3. The predicted molar refractivity (Wildman–Crippen MR) is 238 cm³/mol. The van der Waals surface area contributed by atoms with E-state index in [0.29, 0.717) is 0 Å². The molecule has 0 aliphatic heterocycles. The van der Waals surface area contributed by atoms with Crippen molar-refractivity contribution in [3.05, 3.63) is 196 Å². The molecule has 2 heteroatoms. The van der Waals surface area contributed by atoms with Crippen LogP contribution in [-0.2, 0) is 25.7 Å². The zero-order valence-corrected chi connectivity index (χ0v) is 36.4. The molecule has 54 heavy (non-hydrogen) atoms. The third-order valence-corrected chi connectivity index (χ3v) is 11.5.